The zero-order valence-corrected chi connectivity index (χ0v) is 10.7. The standard InChI is InChI=1S/C13H17ClN2/c1-13(2,3)12-11(14)10-8(7-15)5-4-6-9(10)16-12/h4-6,16H,7,15H2,1-3H3. The maximum Gasteiger partial charge on any atom is 0.0700 e. The fraction of sp³-hybridized carbons (Fsp3) is 0.385. The molecule has 0 fully saturated rings. The lowest BCUT2D eigenvalue weighted by molar-refractivity contribution is 0.574. The van der Waals surface area contributed by atoms with E-state index in [1.165, 1.54) is 0 Å². The van der Waals surface area contributed by atoms with Crippen molar-refractivity contribution in [2.24, 2.45) is 5.73 Å². The van der Waals surface area contributed by atoms with Gasteiger partial charge in [0.05, 0.1) is 5.02 Å². The normalized spacial score (nSPS) is 12.3. The Morgan fingerprint density at radius 1 is 1.31 bits per heavy atom. The van der Waals surface area contributed by atoms with Gasteiger partial charge in [-0.15, -0.1) is 0 Å². The molecular weight excluding hydrogens is 220 g/mol. The Kier molecular flexibility index (Phi) is 2.72. The van der Waals surface area contributed by atoms with Crippen LogP contribution >= 0.6 is 11.6 Å². The highest BCUT2D eigenvalue weighted by molar-refractivity contribution is 6.36. The van der Waals surface area contributed by atoms with Gasteiger partial charge in [-0.05, 0) is 11.6 Å². The molecular formula is C13H17ClN2. The van der Waals surface area contributed by atoms with Gasteiger partial charge in [-0.2, -0.15) is 0 Å². The maximum absolute atomic E-state index is 6.44. The van der Waals surface area contributed by atoms with Crippen LogP contribution in [0.2, 0.25) is 5.02 Å². The van der Waals surface area contributed by atoms with Crippen molar-refractivity contribution in [2.45, 2.75) is 32.7 Å². The number of hydrogen-bond donors (Lipinski definition) is 2. The Bertz CT molecular complexity index is 520. The van der Waals surface area contributed by atoms with E-state index in [-0.39, 0.29) is 5.41 Å². The molecule has 3 heteroatoms. The molecule has 0 spiro atoms. The van der Waals surface area contributed by atoms with E-state index in [4.69, 9.17) is 17.3 Å². The molecule has 3 N–H and O–H groups in total. The molecule has 2 nitrogen and oxygen atoms in total. The number of aromatic nitrogens is 1. The summed E-state index contributed by atoms with van der Waals surface area (Å²) in [5, 5.41) is 1.88. The number of benzene rings is 1. The molecule has 2 aromatic rings. The third-order valence-corrected chi connectivity index (χ3v) is 3.20. The monoisotopic (exact) mass is 236 g/mol. The fourth-order valence-corrected chi connectivity index (χ4v) is 2.52. The minimum atomic E-state index is 0.0158. The Hall–Kier alpha value is -0.990. The van der Waals surface area contributed by atoms with Gasteiger partial charge in [0.1, 0.15) is 0 Å². The van der Waals surface area contributed by atoms with Crippen molar-refractivity contribution in [1.29, 1.82) is 0 Å². The number of nitrogens with one attached hydrogen (secondary N) is 1. The topological polar surface area (TPSA) is 41.8 Å². The van der Waals surface area contributed by atoms with Crippen LogP contribution in [0.15, 0.2) is 18.2 Å². The molecule has 0 saturated heterocycles. The highest BCUT2D eigenvalue weighted by Crippen LogP contribution is 2.36. The van der Waals surface area contributed by atoms with E-state index >= 15 is 0 Å². The molecule has 0 unspecified atom stereocenters. The predicted octanol–water partition coefficient (Wildman–Crippen LogP) is 3.58. The molecule has 2 rings (SSSR count). The third-order valence-electron chi connectivity index (χ3n) is 2.82. The SMILES string of the molecule is CC(C)(C)c1[nH]c2cccc(CN)c2c1Cl. The highest BCUT2D eigenvalue weighted by Gasteiger charge is 2.22. The van der Waals surface area contributed by atoms with Crippen molar-refractivity contribution >= 4 is 22.5 Å². The zero-order valence-electron chi connectivity index (χ0n) is 9.89. The minimum absolute atomic E-state index is 0.0158. The van der Waals surface area contributed by atoms with Gasteiger partial charge in [0, 0.05) is 28.6 Å². The van der Waals surface area contributed by atoms with E-state index in [9.17, 15) is 0 Å². The van der Waals surface area contributed by atoms with Crippen LogP contribution in [0.4, 0.5) is 0 Å². The van der Waals surface area contributed by atoms with Gasteiger partial charge in [0.25, 0.3) is 0 Å². The molecule has 0 aliphatic carbocycles. The van der Waals surface area contributed by atoms with Gasteiger partial charge >= 0.3 is 0 Å². The molecule has 0 atom stereocenters. The Balaban J connectivity index is 2.79. The molecule has 0 saturated carbocycles. The summed E-state index contributed by atoms with van der Waals surface area (Å²) >= 11 is 6.44. The van der Waals surface area contributed by atoms with E-state index in [1.807, 2.05) is 18.2 Å². The van der Waals surface area contributed by atoms with Crippen molar-refractivity contribution in [3.05, 3.63) is 34.5 Å². The summed E-state index contributed by atoms with van der Waals surface area (Å²) < 4.78 is 0. The number of fused-ring (bicyclic) bond motifs is 1. The van der Waals surface area contributed by atoms with Crippen LogP contribution in [0.25, 0.3) is 10.9 Å². The second-order valence-corrected chi connectivity index (χ2v) is 5.49. The summed E-state index contributed by atoms with van der Waals surface area (Å²) in [6, 6.07) is 6.06. The van der Waals surface area contributed by atoms with E-state index in [2.05, 4.69) is 25.8 Å². The molecule has 86 valence electrons. The molecule has 0 aliphatic heterocycles. The number of nitrogens with two attached hydrogens (primary N) is 1. The molecule has 1 aromatic heterocycles. The van der Waals surface area contributed by atoms with Crippen molar-refractivity contribution in [3.63, 3.8) is 0 Å². The number of rotatable bonds is 1. The molecule has 0 amide bonds. The summed E-state index contributed by atoms with van der Waals surface area (Å²) in [6.45, 7) is 6.95. The second-order valence-electron chi connectivity index (χ2n) is 5.11. The fourth-order valence-electron chi connectivity index (χ4n) is 1.96. The smallest absolute Gasteiger partial charge is 0.0700 e. The van der Waals surface area contributed by atoms with Gasteiger partial charge in [-0.3, -0.25) is 0 Å². The Morgan fingerprint density at radius 2 is 2.00 bits per heavy atom. The molecule has 0 radical (unpaired) electrons. The second kappa shape index (κ2) is 3.79. The Morgan fingerprint density at radius 3 is 2.56 bits per heavy atom. The number of aromatic amines is 1. The van der Waals surface area contributed by atoms with Crippen LogP contribution < -0.4 is 5.73 Å². The van der Waals surface area contributed by atoms with Crippen molar-refractivity contribution < 1.29 is 0 Å². The van der Waals surface area contributed by atoms with E-state index in [1.54, 1.807) is 0 Å². The van der Waals surface area contributed by atoms with E-state index in [0.717, 1.165) is 27.2 Å². The molecule has 0 bridgehead atoms. The maximum atomic E-state index is 6.44. The van der Waals surface area contributed by atoms with E-state index in [0.29, 0.717) is 6.54 Å². The molecule has 16 heavy (non-hydrogen) atoms. The summed E-state index contributed by atoms with van der Waals surface area (Å²) in [5.74, 6) is 0. The van der Waals surface area contributed by atoms with Crippen LogP contribution in [-0.2, 0) is 12.0 Å². The summed E-state index contributed by atoms with van der Waals surface area (Å²) in [7, 11) is 0. The van der Waals surface area contributed by atoms with Crippen molar-refractivity contribution in [3.8, 4) is 0 Å². The third kappa shape index (κ3) is 1.72. The van der Waals surface area contributed by atoms with Crippen LogP contribution in [0.1, 0.15) is 32.0 Å². The quantitative estimate of drug-likeness (QED) is 0.781. The van der Waals surface area contributed by atoms with Crippen LogP contribution in [0, 0.1) is 0 Å². The molecule has 1 aromatic carbocycles. The molecule has 0 aliphatic rings. The predicted molar refractivity (Wildman–Crippen MR) is 69.9 cm³/mol. The number of H-pyrrole nitrogens is 1. The average Bonchev–Trinajstić information content (AvgIpc) is 2.56. The Labute approximate surface area is 101 Å². The van der Waals surface area contributed by atoms with Gasteiger partial charge in [0.2, 0.25) is 0 Å². The van der Waals surface area contributed by atoms with Gasteiger partial charge in [-0.25, -0.2) is 0 Å². The first-order chi connectivity index (χ1) is 7.45. The van der Waals surface area contributed by atoms with Gasteiger partial charge in [-0.1, -0.05) is 44.5 Å². The first kappa shape index (κ1) is 11.5. The van der Waals surface area contributed by atoms with E-state index < -0.39 is 0 Å². The lowest BCUT2D eigenvalue weighted by Gasteiger charge is -2.17. The highest BCUT2D eigenvalue weighted by atomic mass is 35.5. The van der Waals surface area contributed by atoms with Crippen LogP contribution in [0.5, 0.6) is 0 Å². The first-order valence-corrected chi connectivity index (χ1v) is 5.82. The van der Waals surface area contributed by atoms with Crippen LogP contribution in [-0.4, -0.2) is 4.98 Å². The average molecular weight is 237 g/mol. The van der Waals surface area contributed by atoms with Gasteiger partial charge < -0.3 is 10.7 Å². The van der Waals surface area contributed by atoms with Gasteiger partial charge in [0.15, 0.2) is 0 Å². The lowest BCUT2D eigenvalue weighted by Crippen LogP contribution is -2.11. The van der Waals surface area contributed by atoms with Crippen molar-refractivity contribution in [1.82, 2.24) is 4.98 Å². The first-order valence-electron chi connectivity index (χ1n) is 5.44. The number of halogens is 1. The largest absolute Gasteiger partial charge is 0.357 e. The molecule has 1 heterocycles. The minimum Gasteiger partial charge on any atom is -0.357 e. The number of hydrogen-bond acceptors (Lipinski definition) is 1. The lowest BCUT2D eigenvalue weighted by atomic mass is 9.92. The van der Waals surface area contributed by atoms with Crippen LogP contribution in [0.3, 0.4) is 0 Å². The summed E-state index contributed by atoms with van der Waals surface area (Å²) in [4.78, 5) is 3.39. The zero-order chi connectivity index (χ0) is 11.9. The van der Waals surface area contributed by atoms with Crippen molar-refractivity contribution in [2.75, 3.05) is 0 Å². The summed E-state index contributed by atoms with van der Waals surface area (Å²) in [6.07, 6.45) is 0. The summed E-state index contributed by atoms with van der Waals surface area (Å²) in [5.41, 5.74) is 8.98.